The monoisotopic (exact) mass is 427 g/mol. The lowest BCUT2D eigenvalue weighted by atomic mass is 9.67. The number of hydrogen-bond donors (Lipinski definition) is 3. The number of para-hydroxylation sites is 1. The Morgan fingerprint density at radius 2 is 1.74 bits per heavy atom. The molecule has 2 aromatic rings. The second-order valence-corrected chi connectivity index (χ2v) is 10.7. The van der Waals surface area contributed by atoms with Crippen molar-refractivity contribution in [3.63, 3.8) is 0 Å². The van der Waals surface area contributed by atoms with Crippen molar-refractivity contribution in [3.8, 4) is 0 Å². The van der Waals surface area contributed by atoms with Crippen molar-refractivity contribution >= 4 is 11.6 Å². The van der Waals surface area contributed by atoms with E-state index >= 15 is 0 Å². The maximum Gasteiger partial charge on any atom is 0.267 e. The molecule has 3 N–H and O–H groups in total. The van der Waals surface area contributed by atoms with Crippen LogP contribution in [0.2, 0.25) is 0 Å². The first kappa shape index (κ1) is 23.2. The molecule has 0 saturated heterocycles. The van der Waals surface area contributed by atoms with Crippen LogP contribution in [0.15, 0.2) is 24.3 Å². The summed E-state index contributed by atoms with van der Waals surface area (Å²) in [4.78, 5) is 13.0. The van der Waals surface area contributed by atoms with Gasteiger partial charge in [0.05, 0.1) is 16.6 Å². The smallest absolute Gasteiger partial charge is 0.267 e. The van der Waals surface area contributed by atoms with Gasteiger partial charge in [-0.3, -0.25) is 10.2 Å². The quantitative estimate of drug-likeness (QED) is 0.628. The second-order valence-electron chi connectivity index (χ2n) is 10.7. The molecule has 1 aromatic carbocycles. The zero-order valence-electron chi connectivity index (χ0n) is 19.9. The molecule has 170 valence electrons. The molecule has 3 rings (SSSR count). The van der Waals surface area contributed by atoms with Crippen LogP contribution in [0.1, 0.15) is 83.4 Å². The van der Waals surface area contributed by atoms with Crippen molar-refractivity contribution in [2.45, 2.75) is 78.3 Å². The minimum atomic E-state index is -0.525. The van der Waals surface area contributed by atoms with E-state index in [0.717, 1.165) is 37.2 Å². The molecule has 1 aromatic heterocycles. The van der Waals surface area contributed by atoms with Gasteiger partial charge in [0, 0.05) is 12.7 Å². The van der Waals surface area contributed by atoms with Gasteiger partial charge in [0.25, 0.3) is 5.91 Å². The number of aromatic nitrogens is 4. The lowest BCUT2D eigenvalue weighted by Gasteiger charge is -2.44. The van der Waals surface area contributed by atoms with E-state index < -0.39 is 5.54 Å². The fraction of sp³-hybridized carbons (Fsp3) is 0.652. The fourth-order valence-corrected chi connectivity index (χ4v) is 4.46. The number of tetrazole rings is 1. The highest BCUT2D eigenvalue weighted by molar-refractivity contribution is 5.99. The van der Waals surface area contributed by atoms with Crippen LogP contribution < -0.4 is 16.2 Å². The third-order valence-corrected chi connectivity index (χ3v) is 6.45. The van der Waals surface area contributed by atoms with Crippen LogP contribution in [0.25, 0.3) is 0 Å². The van der Waals surface area contributed by atoms with Gasteiger partial charge in [-0.1, -0.05) is 32.9 Å². The largest absolute Gasteiger partial charge is 0.387 e. The van der Waals surface area contributed by atoms with E-state index in [4.69, 9.17) is 0 Å². The summed E-state index contributed by atoms with van der Waals surface area (Å²) in [6.07, 6.45) is 3.77. The SMILES string of the molecule is CNc1ccccc1C(=O)NNC1(c2nnnn2C(C)(C)C)CCC(C(C)(C)C)CC1. The van der Waals surface area contributed by atoms with E-state index in [1.165, 1.54) is 0 Å². The molecule has 1 heterocycles. The van der Waals surface area contributed by atoms with Crippen molar-refractivity contribution in [2.24, 2.45) is 11.3 Å². The highest BCUT2D eigenvalue weighted by Gasteiger charge is 2.45. The molecular formula is C23H37N7O. The van der Waals surface area contributed by atoms with Crippen LogP contribution in [-0.2, 0) is 11.1 Å². The van der Waals surface area contributed by atoms with E-state index in [9.17, 15) is 4.79 Å². The average Bonchev–Trinajstić information content (AvgIpc) is 3.23. The number of nitrogens with zero attached hydrogens (tertiary/aromatic N) is 4. The zero-order chi connectivity index (χ0) is 22.9. The summed E-state index contributed by atoms with van der Waals surface area (Å²) >= 11 is 0. The van der Waals surface area contributed by atoms with E-state index in [1.54, 1.807) is 0 Å². The minimum Gasteiger partial charge on any atom is -0.387 e. The highest BCUT2D eigenvalue weighted by Crippen LogP contribution is 2.45. The maximum atomic E-state index is 13.0. The summed E-state index contributed by atoms with van der Waals surface area (Å²) in [6, 6.07) is 7.47. The normalized spacial score (nSPS) is 22.2. The molecule has 1 fully saturated rings. The Balaban J connectivity index is 1.89. The van der Waals surface area contributed by atoms with Gasteiger partial charge >= 0.3 is 0 Å². The number of hydrazine groups is 1. The van der Waals surface area contributed by atoms with E-state index in [0.29, 0.717) is 11.5 Å². The lowest BCUT2D eigenvalue weighted by Crippen LogP contribution is -2.56. The Hall–Kier alpha value is -2.48. The Morgan fingerprint density at radius 1 is 1.10 bits per heavy atom. The number of amides is 1. The second kappa shape index (κ2) is 8.57. The molecule has 1 saturated carbocycles. The molecule has 0 spiro atoms. The molecule has 8 nitrogen and oxygen atoms in total. The van der Waals surface area contributed by atoms with Crippen molar-refractivity contribution < 1.29 is 4.79 Å². The van der Waals surface area contributed by atoms with E-state index in [2.05, 4.69) is 73.2 Å². The van der Waals surface area contributed by atoms with Gasteiger partial charge in [0.2, 0.25) is 0 Å². The van der Waals surface area contributed by atoms with Crippen molar-refractivity contribution in [3.05, 3.63) is 35.7 Å². The average molecular weight is 428 g/mol. The van der Waals surface area contributed by atoms with Crippen LogP contribution in [0.5, 0.6) is 0 Å². The lowest BCUT2D eigenvalue weighted by molar-refractivity contribution is 0.0743. The number of benzene rings is 1. The molecule has 0 aliphatic heterocycles. The van der Waals surface area contributed by atoms with Gasteiger partial charge in [-0.05, 0) is 80.3 Å². The highest BCUT2D eigenvalue weighted by atomic mass is 16.2. The van der Waals surface area contributed by atoms with Crippen LogP contribution >= 0.6 is 0 Å². The van der Waals surface area contributed by atoms with Crippen molar-refractivity contribution in [1.29, 1.82) is 0 Å². The summed E-state index contributed by atoms with van der Waals surface area (Å²) in [5.41, 5.74) is 7.18. The predicted molar refractivity (Wildman–Crippen MR) is 122 cm³/mol. The third kappa shape index (κ3) is 4.89. The van der Waals surface area contributed by atoms with Crippen LogP contribution in [0.4, 0.5) is 5.69 Å². The standard InChI is InChI=1S/C23H37N7O/c1-21(2,3)16-12-14-23(15-13-16,20-26-28-29-30(20)22(4,5)6)27-25-19(31)17-10-8-9-11-18(17)24-7/h8-11,16,24,27H,12-15H2,1-7H3,(H,25,31). The number of anilines is 1. The van der Waals surface area contributed by atoms with Gasteiger partial charge in [-0.2, -0.15) is 0 Å². The molecule has 1 aliphatic rings. The van der Waals surface area contributed by atoms with Crippen molar-refractivity contribution in [2.75, 3.05) is 12.4 Å². The first-order valence-corrected chi connectivity index (χ1v) is 11.1. The summed E-state index contributed by atoms with van der Waals surface area (Å²) in [5, 5.41) is 15.8. The minimum absolute atomic E-state index is 0.183. The van der Waals surface area contributed by atoms with E-state index in [-0.39, 0.29) is 16.9 Å². The maximum absolute atomic E-state index is 13.0. The first-order valence-electron chi connectivity index (χ1n) is 11.1. The topological polar surface area (TPSA) is 96.8 Å². The van der Waals surface area contributed by atoms with Gasteiger partial charge in [-0.25, -0.2) is 10.1 Å². The fourth-order valence-electron chi connectivity index (χ4n) is 4.46. The van der Waals surface area contributed by atoms with Gasteiger partial charge in [0.15, 0.2) is 5.82 Å². The molecule has 0 atom stereocenters. The van der Waals surface area contributed by atoms with E-state index in [1.807, 2.05) is 36.0 Å². The van der Waals surface area contributed by atoms with Crippen LogP contribution in [-0.4, -0.2) is 33.2 Å². The summed E-state index contributed by atoms with van der Waals surface area (Å²) in [5.74, 6) is 1.20. The Morgan fingerprint density at radius 3 is 2.32 bits per heavy atom. The number of rotatable bonds is 5. The number of carbonyl (C=O) groups is 1. The van der Waals surface area contributed by atoms with Gasteiger partial charge < -0.3 is 5.32 Å². The molecule has 0 radical (unpaired) electrons. The molecule has 1 amide bonds. The molecule has 8 heteroatoms. The zero-order valence-corrected chi connectivity index (χ0v) is 19.9. The molecule has 1 aliphatic carbocycles. The molecule has 0 unspecified atom stereocenters. The summed E-state index contributed by atoms with van der Waals surface area (Å²) in [7, 11) is 1.81. The third-order valence-electron chi connectivity index (χ3n) is 6.45. The first-order chi connectivity index (χ1) is 14.5. The predicted octanol–water partition coefficient (Wildman–Crippen LogP) is 3.84. The Kier molecular flexibility index (Phi) is 6.41. The number of nitrogens with one attached hydrogen (secondary N) is 3. The molecular weight excluding hydrogens is 390 g/mol. The Bertz CT molecular complexity index is 899. The Labute approximate surface area is 185 Å². The van der Waals surface area contributed by atoms with Crippen molar-refractivity contribution in [1.82, 2.24) is 31.1 Å². The number of hydrogen-bond acceptors (Lipinski definition) is 6. The number of carbonyl (C=O) groups excluding carboxylic acids is 1. The summed E-state index contributed by atoms with van der Waals surface area (Å²) < 4.78 is 1.88. The van der Waals surface area contributed by atoms with Gasteiger partial charge in [-0.15, -0.1) is 5.10 Å². The molecule has 0 bridgehead atoms. The summed E-state index contributed by atoms with van der Waals surface area (Å²) in [6.45, 7) is 13.2. The molecule has 31 heavy (non-hydrogen) atoms. The van der Waals surface area contributed by atoms with Gasteiger partial charge in [0.1, 0.15) is 0 Å². The van der Waals surface area contributed by atoms with Crippen LogP contribution in [0, 0.1) is 11.3 Å². The van der Waals surface area contributed by atoms with Crippen LogP contribution in [0.3, 0.4) is 0 Å².